The number of hydrogen-bond donors (Lipinski definition) is 0. The van der Waals surface area contributed by atoms with Crippen LogP contribution in [-0.4, -0.2) is 37.0 Å². The third-order valence-corrected chi connectivity index (χ3v) is 7.20. The van der Waals surface area contributed by atoms with Gasteiger partial charge in [0.25, 0.3) is 5.91 Å². The van der Waals surface area contributed by atoms with Gasteiger partial charge in [0, 0.05) is 23.2 Å². The second-order valence-electron chi connectivity index (χ2n) is 6.97. The summed E-state index contributed by atoms with van der Waals surface area (Å²) >= 11 is 7.90. The van der Waals surface area contributed by atoms with Gasteiger partial charge in [0.2, 0.25) is 0 Å². The smallest absolute Gasteiger partial charge is 0.316 e. The first kappa shape index (κ1) is 19.0. The first-order valence-electron chi connectivity index (χ1n) is 9.17. The van der Waals surface area contributed by atoms with E-state index in [9.17, 15) is 9.59 Å². The molecular formula is C22H20ClNO3S. The maximum atomic E-state index is 13.1. The van der Waals surface area contributed by atoms with Crippen molar-refractivity contribution in [2.24, 2.45) is 0 Å². The highest BCUT2D eigenvalue weighted by Gasteiger charge is 2.45. The summed E-state index contributed by atoms with van der Waals surface area (Å²) < 4.78 is 6.13. The number of likely N-dealkylation sites (tertiary alicyclic amines) is 1. The van der Waals surface area contributed by atoms with Crippen LogP contribution in [0.1, 0.15) is 28.1 Å². The lowest BCUT2D eigenvalue weighted by atomic mass is 9.72. The maximum Gasteiger partial charge on any atom is 0.316 e. The number of fused-ring (bicyclic) bond motifs is 1. The van der Waals surface area contributed by atoms with Gasteiger partial charge in [0.15, 0.2) is 0 Å². The van der Waals surface area contributed by atoms with Gasteiger partial charge in [-0.15, -0.1) is 11.3 Å². The number of methoxy groups -OCH3 is 1. The summed E-state index contributed by atoms with van der Waals surface area (Å²) in [5.41, 5.74) is 0.227. The second kappa shape index (κ2) is 7.57. The zero-order valence-corrected chi connectivity index (χ0v) is 17.1. The lowest BCUT2D eigenvalue weighted by Gasteiger charge is -2.40. The molecule has 0 spiro atoms. The van der Waals surface area contributed by atoms with E-state index in [0.29, 0.717) is 35.8 Å². The number of amides is 1. The van der Waals surface area contributed by atoms with Gasteiger partial charge in [0.05, 0.1) is 17.5 Å². The average molecular weight is 414 g/mol. The Balaban J connectivity index is 1.59. The van der Waals surface area contributed by atoms with E-state index in [1.807, 2.05) is 54.6 Å². The van der Waals surface area contributed by atoms with Crippen molar-refractivity contribution in [3.8, 4) is 0 Å². The number of benzene rings is 2. The van der Waals surface area contributed by atoms with E-state index < -0.39 is 5.41 Å². The molecule has 2 aromatic carbocycles. The molecule has 0 unspecified atom stereocenters. The quantitative estimate of drug-likeness (QED) is 0.573. The highest BCUT2D eigenvalue weighted by molar-refractivity contribution is 7.21. The molecule has 2 heterocycles. The zero-order chi connectivity index (χ0) is 19.7. The molecule has 1 aromatic heterocycles. The number of ether oxygens (including phenoxy) is 1. The molecule has 4 rings (SSSR count). The van der Waals surface area contributed by atoms with Crippen LogP contribution >= 0.6 is 22.9 Å². The summed E-state index contributed by atoms with van der Waals surface area (Å²) in [5, 5.41) is 1.42. The van der Waals surface area contributed by atoms with Crippen molar-refractivity contribution in [1.29, 1.82) is 0 Å². The number of carbonyl (C=O) groups is 2. The topological polar surface area (TPSA) is 46.6 Å². The Morgan fingerprint density at radius 1 is 1.04 bits per heavy atom. The molecule has 0 N–H and O–H groups in total. The van der Waals surface area contributed by atoms with Gasteiger partial charge in [-0.3, -0.25) is 9.59 Å². The van der Waals surface area contributed by atoms with E-state index in [4.69, 9.17) is 16.3 Å². The molecule has 144 valence electrons. The van der Waals surface area contributed by atoms with Gasteiger partial charge >= 0.3 is 5.97 Å². The third kappa shape index (κ3) is 3.09. The summed E-state index contributed by atoms with van der Waals surface area (Å²) in [6.45, 7) is 0.959. The van der Waals surface area contributed by atoms with E-state index in [1.165, 1.54) is 18.4 Å². The SMILES string of the molecule is COC(=O)C1(c2ccccc2)CCN(C(=O)c2sc3ccccc3c2Cl)CC1. The van der Waals surface area contributed by atoms with Crippen LogP contribution in [-0.2, 0) is 14.9 Å². The predicted molar refractivity (Wildman–Crippen MR) is 112 cm³/mol. The number of nitrogens with zero attached hydrogens (tertiary/aromatic N) is 1. The Labute approximate surface area is 172 Å². The molecule has 3 aromatic rings. The molecule has 1 aliphatic heterocycles. The Bertz CT molecular complexity index is 1020. The van der Waals surface area contributed by atoms with Gasteiger partial charge in [-0.1, -0.05) is 60.1 Å². The Kier molecular flexibility index (Phi) is 5.13. The highest BCUT2D eigenvalue weighted by atomic mass is 35.5. The highest BCUT2D eigenvalue weighted by Crippen LogP contribution is 2.39. The Morgan fingerprint density at radius 2 is 1.68 bits per heavy atom. The molecule has 1 saturated heterocycles. The number of esters is 1. The molecule has 0 saturated carbocycles. The first-order chi connectivity index (χ1) is 13.6. The third-order valence-electron chi connectivity index (χ3n) is 5.54. The monoisotopic (exact) mass is 413 g/mol. The minimum Gasteiger partial charge on any atom is -0.468 e. The number of hydrogen-bond acceptors (Lipinski definition) is 4. The van der Waals surface area contributed by atoms with Crippen LogP contribution in [0.2, 0.25) is 5.02 Å². The minimum absolute atomic E-state index is 0.0715. The summed E-state index contributed by atoms with van der Waals surface area (Å²) in [7, 11) is 1.42. The van der Waals surface area contributed by atoms with Crippen molar-refractivity contribution in [1.82, 2.24) is 4.90 Å². The van der Waals surface area contributed by atoms with Crippen LogP contribution in [0.4, 0.5) is 0 Å². The molecule has 1 amide bonds. The van der Waals surface area contributed by atoms with E-state index in [0.717, 1.165) is 15.6 Å². The molecule has 1 aliphatic rings. The Morgan fingerprint density at radius 3 is 2.32 bits per heavy atom. The standard InChI is InChI=1S/C22H20ClNO3S/c1-27-21(26)22(15-7-3-2-4-8-15)11-13-24(14-12-22)20(25)19-18(23)16-9-5-6-10-17(16)28-19/h2-10H,11-14H2,1H3. The van der Waals surface area contributed by atoms with Gasteiger partial charge in [-0.05, 0) is 24.5 Å². The summed E-state index contributed by atoms with van der Waals surface area (Å²) in [4.78, 5) is 28.1. The number of piperidine rings is 1. The van der Waals surface area contributed by atoms with Crippen molar-refractivity contribution < 1.29 is 14.3 Å². The van der Waals surface area contributed by atoms with Crippen molar-refractivity contribution in [3.05, 3.63) is 70.1 Å². The predicted octanol–water partition coefficient (Wildman–Crippen LogP) is 4.90. The first-order valence-corrected chi connectivity index (χ1v) is 10.4. The number of carbonyl (C=O) groups excluding carboxylic acids is 2. The van der Waals surface area contributed by atoms with Crippen LogP contribution in [0.5, 0.6) is 0 Å². The van der Waals surface area contributed by atoms with E-state index >= 15 is 0 Å². The molecule has 0 radical (unpaired) electrons. The van der Waals surface area contributed by atoms with Gasteiger partial charge in [-0.2, -0.15) is 0 Å². The largest absolute Gasteiger partial charge is 0.468 e. The number of thiophene rings is 1. The summed E-state index contributed by atoms with van der Waals surface area (Å²) in [6.07, 6.45) is 1.05. The molecule has 0 aliphatic carbocycles. The van der Waals surface area contributed by atoms with E-state index in [1.54, 1.807) is 4.90 Å². The number of rotatable bonds is 3. The fourth-order valence-corrected chi connectivity index (χ4v) is 5.43. The Hall–Kier alpha value is -2.37. The fraction of sp³-hybridized carbons (Fsp3) is 0.273. The van der Waals surface area contributed by atoms with Crippen LogP contribution in [0.15, 0.2) is 54.6 Å². The molecule has 6 heteroatoms. The molecule has 0 atom stereocenters. The van der Waals surface area contributed by atoms with Crippen LogP contribution in [0.3, 0.4) is 0 Å². The lowest BCUT2D eigenvalue weighted by molar-refractivity contribution is -0.149. The van der Waals surface area contributed by atoms with Crippen LogP contribution in [0, 0.1) is 0 Å². The summed E-state index contributed by atoms with van der Waals surface area (Å²) in [5.74, 6) is -0.316. The molecule has 0 bridgehead atoms. The van der Waals surface area contributed by atoms with Crippen molar-refractivity contribution in [2.75, 3.05) is 20.2 Å². The number of halogens is 1. The lowest BCUT2D eigenvalue weighted by Crippen LogP contribution is -2.49. The normalized spacial score (nSPS) is 16.1. The van der Waals surface area contributed by atoms with Gasteiger partial charge < -0.3 is 9.64 Å². The maximum absolute atomic E-state index is 13.1. The molecule has 28 heavy (non-hydrogen) atoms. The van der Waals surface area contributed by atoms with E-state index in [2.05, 4.69) is 0 Å². The van der Waals surface area contributed by atoms with Gasteiger partial charge in [-0.25, -0.2) is 0 Å². The molecular weight excluding hydrogens is 394 g/mol. The van der Waals surface area contributed by atoms with E-state index in [-0.39, 0.29) is 11.9 Å². The van der Waals surface area contributed by atoms with Crippen LogP contribution in [0.25, 0.3) is 10.1 Å². The zero-order valence-electron chi connectivity index (χ0n) is 15.5. The van der Waals surface area contributed by atoms with Gasteiger partial charge in [0.1, 0.15) is 4.88 Å². The molecule has 1 fully saturated rings. The molecule has 4 nitrogen and oxygen atoms in total. The van der Waals surface area contributed by atoms with Crippen LogP contribution < -0.4 is 0 Å². The average Bonchev–Trinajstić information content (AvgIpc) is 3.10. The van der Waals surface area contributed by atoms with Crippen molar-refractivity contribution >= 4 is 44.9 Å². The second-order valence-corrected chi connectivity index (χ2v) is 8.40. The summed E-state index contributed by atoms with van der Waals surface area (Å²) in [6, 6.07) is 17.4. The minimum atomic E-state index is -0.712. The fourth-order valence-electron chi connectivity index (χ4n) is 3.95. The van der Waals surface area contributed by atoms with Crippen molar-refractivity contribution in [3.63, 3.8) is 0 Å². The van der Waals surface area contributed by atoms with Crippen molar-refractivity contribution in [2.45, 2.75) is 18.3 Å².